The van der Waals surface area contributed by atoms with Crippen molar-refractivity contribution in [3.63, 3.8) is 0 Å². The van der Waals surface area contributed by atoms with Crippen LogP contribution in [0.4, 0.5) is 5.69 Å². The molecule has 2 aromatic heterocycles. The van der Waals surface area contributed by atoms with Crippen LogP contribution in [0.1, 0.15) is 0 Å². The molecule has 0 saturated carbocycles. The molecule has 0 atom stereocenters. The maximum Gasteiger partial charge on any atom is 0.0959 e. The smallest absolute Gasteiger partial charge is 0.0959 e. The summed E-state index contributed by atoms with van der Waals surface area (Å²) in [6.45, 7) is 0.476. The summed E-state index contributed by atoms with van der Waals surface area (Å²) in [5, 5.41) is 0. The Balaban J connectivity index is 2.51. The summed E-state index contributed by atoms with van der Waals surface area (Å²) in [5.41, 5.74) is 8.25. The lowest BCUT2D eigenvalue weighted by Crippen LogP contribution is -1.99. The second-order valence-electron chi connectivity index (χ2n) is 3.07. The molecule has 0 aliphatic rings. The summed E-state index contributed by atoms with van der Waals surface area (Å²) in [4.78, 5) is 8.07. The molecular formula is C11H10N4. The van der Waals surface area contributed by atoms with Crippen molar-refractivity contribution in [2.45, 2.75) is 6.54 Å². The molecule has 2 N–H and O–H groups in total. The van der Waals surface area contributed by atoms with Gasteiger partial charge < -0.3 is 10.3 Å². The fraction of sp³-hybridized carbons (Fsp3) is 0.0909. The zero-order chi connectivity index (χ0) is 10.7. The number of nitrogens with two attached hydrogens (primary N) is 1. The fourth-order valence-electron chi connectivity index (χ4n) is 1.39. The van der Waals surface area contributed by atoms with Crippen molar-refractivity contribution in [3.8, 4) is 23.6 Å². The standard InChI is InChI=1S/C11H10N4/c1-2-5-15-8-14-7-11(15)9-6-13-4-3-10(9)12/h1,3-4,6-8H,5H2,(H2,12,13). The van der Waals surface area contributed by atoms with Gasteiger partial charge in [0, 0.05) is 23.6 Å². The molecule has 0 radical (unpaired) electrons. The molecule has 0 aliphatic carbocycles. The first-order valence-corrected chi connectivity index (χ1v) is 4.46. The van der Waals surface area contributed by atoms with E-state index in [9.17, 15) is 0 Å². The second-order valence-corrected chi connectivity index (χ2v) is 3.07. The monoisotopic (exact) mass is 198 g/mol. The van der Waals surface area contributed by atoms with E-state index in [2.05, 4.69) is 15.9 Å². The number of nitrogens with zero attached hydrogens (tertiary/aromatic N) is 3. The van der Waals surface area contributed by atoms with Crippen LogP contribution in [-0.4, -0.2) is 14.5 Å². The Morgan fingerprint density at radius 1 is 1.40 bits per heavy atom. The van der Waals surface area contributed by atoms with Gasteiger partial charge in [-0.25, -0.2) is 4.98 Å². The average Bonchev–Trinajstić information content (AvgIpc) is 2.67. The third kappa shape index (κ3) is 1.67. The van der Waals surface area contributed by atoms with E-state index in [1.165, 1.54) is 0 Å². The minimum Gasteiger partial charge on any atom is -0.398 e. The third-order valence-electron chi connectivity index (χ3n) is 2.10. The fourth-order valence-corrected chi connectivity index (χ4v) is 1.39. The summed E-state index contributed by atoms with van der Waals surface area (Å²) in [6, 6.07) is 1.75. The van der Waals surface area contributed by atoms with E-state index in [0.717, 1.165) is 11.3 Å². The lowest BCUT2D eigenvalue weighted by Gasteiger charge is -2.06. The third-order valence-corrected chi connectivity index (χ3v) is 2.10. The van der Waals surface area contributed by atoms with E-state index in [0.29, 0.717) is 12.2 Å². The van der Waals surface area contributed by atoms with Gasteiger partial charge in [-0.3, -0.25) is 4.98 Å². The number of nitrogen functional groups attached to an aromatic ring is 1. The van der Waals surface area contributed by atoms with Crippen LogP contribution in [0.2, 0.25) is 0 Å². The maximum absolute atomic E-state index is 5.84. The summed E-state index contributed by atoms with van der Waals surface area (Å²) in [6.07, 6.45) is 12.0. The van der Waals surface area contributed by atoms with Crippen LogP contribution < -0.4 is 5.73 Å². The predicted octanol–water partition coefficient (Wildman–Crippen LogP) is 1.16. The molecule has 0 unspecified atom stereocenters. The highest BCUT2D eigenvalue weighted by atomic mass is 15.0. The number of hydrogen-bond acceptors (Lipinski definition) is 3. The van der Waals surface area contributed by atoms with Gasteiger partial charge in [0.05, 0.1) is 24.8 Å². The number of imidazole rings is 1. The Morgan fingerprint density at radius 3 is 3.00 bits per heavy atom. The lowest BCUT2D eigenvalue weighted by molar-refractivity contribution is 0.848. The summed E-state index contributed by atoms with van der Waals surface area (Å²) < 4.78 is 1.85. The Labute approximate surface area is 87.8 Å². The van der Waals surface area contributed by atoms with E-state index in [4.69, 9.17) is 12.2 Å². The van der Waals surface area contributed by atoms with Gasteiger partial charge in [-0.2, -0.15) is 0 Å². The molecular weight excluding hydrogens is 188 g/mol. The zero-order valence-electron chi connectivity index (χ0n) is 8.09. The Hall–Kier alpha value is -2.28. The number of rotatable bonds is 2. The SMILES string of the molecule is C#CCn1cncc1-c1cnccc1N. The summed E-state index contributed by atoms with van der Waals surface area (Å²) in [7, 11) is 0. The number of anilines is 1. The van der Waals surface area contributed by atoms with Gasteiger partial charge in [0.15, 0.2) is 0 Å². The highest BCUT2D eigenvalue weighted by molar-refractivity contribution is 5.72. The van der Waals surface area contributed by atoms with Crippen molar-refractivity contribution in [2.24, 2.45) is 0 Å². The number of aromatic nitrogens is 3. The Morgan fingerprint density at radius 2 is 2.27 bits per heavy atom. The molecule has 0 spiro atoms. The molecule has 0 bridgehead atoms. The number of pyridine rings is 1. The summed E-state index contributed by atoms with van der Waals surface area (Å²) in [5.74, 6) is 2.56. The topological polar surface area (TPSA) is 56.7 Å². The van der Waals surface area contributed by atoms with E-state index >= 15 is 0 Å². The zero-order valence-corrected chi connectivity index (χ0v) is 8.09. The van der Waals surface area contributed by atoms with Crippen LogP contribution in [0.5, 0.6) is 0 Å². The highest BCUT2D eigenvalue weighted by Crippen LogP contribution is 2.23. The first-order chi connectivity index (χ1) is 7.33. The second kappa shape index (κ2) is 3.84. The molecule has 0 amide bonds. The van der Waals surface area contributed by atoms with Crippen molar-refractivity contribution >= 4 is 5.69 Å². The van der Waals surface area contributed by atoms with E-state index in [1.54, 1.807) is 31.0 Å². The number of terminal acetylenes is 1. The minimum absolute atomic E-state index is 0.476. The quantitative estimate of drug-likeness (QED) is 0.737. The molecule has 0 fully saturated rings. The van der Waals surface area contributed by atoms with Gasteiger partial charge in [0.25, 0.3) is 0 Å². The Bertz CT molecular complexity index is 507. The normalized spacial score (nSPS) is 9.80. The molecule has 2 heterocycles. The first kappa shape index (κ1) is 9.28. The molecule has 0 aromatic carbocycles. The molecule has 0 saturated heterocycles. The molecule has 15 heavy (non-hydrogen) atoms. The van der Waals surface area contributed by atoms with Crippen LogP contribution in [0.3, 0.4) is 0 Å². The predicted molar refractivity (Wildman–Crippen MR) is 58.7 cm³/mol. The molecule has 0 aliphatic heterocycles. The molecule has 2 aromatic rings. The lowest BCUT2D eigenvalue weighted by atomic mass is 10.2. The van der Waals surface area contributed by atoms with Crippen LogP contribution in [0, 0.1) is 12.3 Å². The van der Waals surface area contributed by atoms with E-state index < -0.39 is 0 Å². The molecule has 4 heteroatoms. The average molecular weight is 198 g/mol. The van der Waals surface area contributed by atoms with Crippen LogP contribution >= 0.6 is 0 Å². The van der Waals surface area contributed by atoms with Gasteiger partial charge in [-0.1, -0.05) is 5.92 Å². The Kier molecular flexibility index (Phi) is 2.38. The summed E-state index contributed by atoms with van der Waals surface area (Å²) >= 11 is 0. The van der Waals surface area contributed by atoms with Crippen molar-refractivity contribution < 1.29 is 0 Å². The first-order valence-electron chi connectivity index (χ1n) is 4.46. The van der Waals surface area contributed by atoms with Crippen molar-refractivity contribution in [1.29, 1.82) is 0 Å². The molecule has 74 valence electrons. The van der Waals surface area contributed by atoms with Crippen LogP contribution in [0.15, 0.2) is 31.0 Å². The van der Waals surface area contributed by atoms with Gasteiger partial charge in [-0.05, 0) is 6.07 Å². The number of hydrogen-bond donors (Lipinski definition) is 1. The van der Waals surface area contributed by atoms with Crippen LogP contribution in [0.25, 0.3) is 11.3 Å². The van der Waals surface area contributed by atoms with Gasteiger partial charge in [-0.15, -0.1) is 6.42 Å². The molecule has 2 rings (SSSR count). The van der Waals surface area contributed by atoms with Crippen molar-refractivity contribution in [2.75, 3.05) is 5.73 Å². The maximum atomic E-state index is 5.84. The van der Waals surface area contributed by atoms with E-state index in [-0.39, 0.29) is 0 Å². The minimum atomic E-state index is 0.476. The van der Waals surface area contributed by atoms with Crippen molar-refractivity contribution in [3.05, 3.63) is 31.0 Å². The largest absolute Gasteiger partial charge is 0.398 e. The molecule has 4 nitrogen and oxygen atoms in total. The van der Waals surface area contributed by atoms with Gasteiger partial charge in [0.1, 0.15) is 0 Å². The van der Waals surface area contributed by atoms with Gasteiger partial charge >= 0.3 is 0 Å². The van der Waals surface area contributed by atoms with Crippen molar-refractivity contribution in [1.82, 2.24) is 14.5 Å². The highest BCUT2D eigenvalue weighted by Gasteiger charge is 2.07. The van der Waals surface area contributed by atoms with Crippen LogP contribution in [-0.2, 0) is 6.54 Å². The van der Waals surface area contributed by atoms with Gasteiger partial charge in [0.2, 0.25) is 0 Å². The van der Waals surface area contributed by atoms with E-state index in [1.807, 2.05) is 4.57 Å².